The van der Waals surface area contributed by atoms with Gasteiger partial charge in [-0.05, 0) is 53.4 Å². The maximum absolute atomic E-state index is 11.5. The van der Waals surface area contributed by atoms with Crippen molar-refractivity contribution in [3.05, 3.63) is 28.2 Å². The van der Waals surface area contributed by atoms with Gasteiger partial charge in [-0.1, -0.05) is 6.07 Å². The summed E-state index contributed by atoms with van der Waals surface area (Å²) in [5, 5.41) is 9.41. The molecule has 0 aromatic heterocycles. The van der Waals surface area contributed by atoms with Gasteiger partial charge in [0.05, 0.1) is 22.5 Å². The molecular weight excluding hydrogens is 364 g/mol. The minimum Gasteiger partial charge on any atom is -0.490 e. The predicted octanol–water partition coefficient (Wildman–Crippen LogP) is 2.25. The SMILES string of the molecule is CC1NNC(c2ccc(OCC3CCCO3)c(Br)c2)C1C(=O)O. The first-order valence-corrected chi connectivity index (χ1v) is 8.63. The van der Waals surface area contributed by atoms with Crippen LogP contribution < -0.4 is 15.6 Å². The molecule has 0 spiro atoms. The molecule has 1 aromatic rings. The number of carboxylic acids is 1. The van der Waals surface area contributed by atoms with Crippen molar-refractivity contribution in [2.75, 3.05) is 13.2 Å². The van der Waals surface area contributed by atoms with E-state index in [4.69, 9.17) is 9.47 Å². The minimum absolute atomic E-state index is 0.133. The van der Waals surface area contributed by atoms with Crippen LogP contribution in [0.1, 0.15) is 31.4 Å². The summed E-state index contributed by atoms with van der Waals surface area (Å²) in [7, 11) is 0. The average Bonchev–Trinajstić information content (AvgIpc) is 3.15. The average molecular weight is 385 g/mol. The van der Waals surface area contributed by atoms with E-state index in [2.05, 4.69) is 26.8 Å². The predicted molar refractivity (Wildman–Crippen MR) is 88.2 cm³/mol. The van der Waals surface area contributed by atoms with Crippen LogP contribution in [-0.2, 0) is 9.53 Å². The van der Waals surface area contributed by atoms with Crippen LogP contribution in [0.5, 0.6) is 5.75 Å². The van der Waals surface area contributed by atoms with Crippen LogP contribution in [0.2, 0.25) is 0 Å². The Hall–Kier alpha value is -1.15. The number of carboxylic acid groups (broad SMARTS) is 1. The third-order valence-electron chi connectivity index (χ3n) is 4.41. The van der Waals surface area contributed by atoms with Gasteiger partial charge in [0.1, 0.15) is 12.4 Å². The van der Waals surface area contributed by atoms with Gasteiger partial charge in [-0.3, -0.25) is 10.2 Å². The highest BCUT2D eigenvalue weighted by molar-refractivity contribution is 9.10. The van der Waals surface area contributed by atoms with Crippen molar-refractivity contribution in [3.8, 4) is 5.75 Å². The summed E-state index contributed by atoms with van der Waals surface area (Å²) < 4.78 is 12.2. The van der Waals surface area contributed by atoms with Crippen LogP contribution in [0.4, 0.5) is 0 Å². The highest BCUT2D eigenvalue weighted by Gasteiger charge is 2.39. The Labute approximate surface area is 143 Å². The summed E-state index contributed by atoms with van der Waals surface area (Å²) in [5.74, 6) is -0.578. The maximum atomic E-state index is 11.5. The van der Waals surface area contributed by atoms with Gasteiger partial charge < -0.3 is 14.6 Å². The fourth-order valence-corrected chi connectivity index (χ4v) is 3.63. The number of hydrazine groups is 1. The molecule has 0 amide bonds. The molecule has 3 N–H and O–H groups in total. The zero-order chi connectivity index (χ0) is 16.4. The summed E-state index contributed by atoms with van der Waals surface area (Å²) in [4.78, 5) is 11.5. The Morgan fingerprint density at radius 2 is 2.30 bits per heavy atom. The highest BCUT2D eigenvalue weighted by atomic mass is 79.9. The van der Waals surface area contributed by atoms with E-state index in [0.29, 0.717) is 6.61 Å². The Morgan fingerprint density at radius 3 is 2.96 bits per heavy atom. The number of benzene rings is 1. The molecule has 2 fully saturated rings. The number of halogens is 1. The molecule has 7 heteroatoms. The first-order valence-electron chi connectivity index (χ1n) is 7.84. The first-order chi connectivity index (χ1) is 11.1. The third-order valence-corrected chi connectivity index (χ3v) is 5.03. The lowest BCUT2D eigenvalue weighted by molar-refractivity contribution is -0.142. The zero-order valence-electron chi connectivity index (χ0n) is 12.9. The van der Waals surface area contributed by atoms with Crippen LogP contribution in [0.25, 0.3) is 0 Å². The molecule has 2 heterocycles. The molecule has 2 aliphatic heterocycles. The van der Waals surface area contributed by atoms with E-state index in [1.165, 1.54) is 0 Å². The normalized spacial score (nSPS) is 30.5. The smallest absolute Gasteiger partial charge is 0.310 e. The number of rotatable bonds is 5. The summed E-state index contributed by atoms with van der Waals surface area (Å²) >= 11 is 3.51. The molecule has 23 heavy (non-hydrogen) atoms. The van der Waals surface area contributed by atoms with Crippen molar-refractivity contribution >= 4 is 21.9 Å². The molecule has 3 rings (SSSR count). The molecule has 2 saturated heterocycles. The molecule has 0 bridgehead atoms. The number of aliphatic carboxylic acids is 1. The molecule has 0 saturated carbocycles. The largest absolute Gasteiger partial charge is 0.490 e. The van der Waals surface area contributed by atoms with Crippen LogP contribution in [0, 0.1) is 5.92 Å². The van der Waals surface area contributed by atoms with E-state index in [0.717, 1.165) is 35.2 Å². The Kier molecular flexibility index (Phi) is 5.21. The van der Waals surface area contributed by atoms with Crippen LogP contribution in [0.3, 0.4) is 0 Å². The van der Waals surface area contributed by atoms with E-state index >= 15 is 0 Å². The number of nitrogens with one attached hydrogen (secondary N) is 2. The molecule has 0 radical (unpaired) electrons. The summed E-state index contributed by atoms with van der Waals surface area (Å²) in [6.07, 6.45) is 2.29. The van der Waals surface area contributed by atoms with Crippen molar-refractivity contribution in [3.63, 3.8) is 0 Å². The summed E-state index contributed by atoms with van der Waals surface area (Å²) in [5.41, 5.74) is 6.97. The molecule has 6 nitrogen and oxygen atoms in total. The first kappa shape index (κ1) is 16.7. The summed E-state index contributed by atoms with van der Waals surface area (Å²) in [6.45, 7) is 3.21. The quantitative estimate of drug-likeness (QED) is 0.722. The van der Waals surface area contributed by atoms with Gasteiger partial charge in [-0.2, -0.15) is 0 Å². The van der Waals surface area contributed by atoms with Crippen molar-refractivity contribution in [2.24, 2.45) is 5.92 Å². The van der Waals surface area contributed by atoms with E-state index < -0.39 is 11.9 Å². The van der Waals surface area contributed by atoms with Gasteiger partial charge in [0.2, 0.25) is 0 Å². The topological polar surface area (TPSA) is 79.8 Å². The summed E-state index contributed by atoms with van der Waals surface area (Å²) in [6, 6.07) is 5.29. The van der Waals surface area contributed by atoms with Gasteiger partial charge in [0, 0.05) is 12.6 Å². The number of hydrogen-bond acceptors (Lipinski definition) is 5. The van der Waals surface area contributed by atoms with Crippen LogP contribution in [-0.4, -0.2) is 36.4 Å². The lowest BCUT2D eigenvalue weighted by Gasteiger charge is -2.18. The Bertz CT molecular complexity index is 577. The van der Waals surface area contributed by atoms with E-state index in [9.17, 15) is 9.90 Å². The van der Waals surface area contributed by atoms with Crippen molar-refractivity contribution in [1.82, 2.24) is 10.9 Å². The maximum Gasteiger partial charge on any atom is 0.310 e. The molecule has 4 unspecified atom stereocenters. The number of hydrogen-bond donors (Lipinski definition) is 3. The number of ether oxygens (including phenoxy) is 2. The second kappa shape index (κ2) is 7.17. The van der Waals surface area contributed by atoms with Crippen LogP contribution >= 0.6 is 15.9 Å². The standard InChI is InChI=1S/C16H21BrN2O4/c1-9-14(16(20)21)15(19-18-9)10-4-5-13(12(17)7-10)23-8-11-3-2-6-22-11/h4-5,7,9,11,14-15,18-19H,2-3,6,8H2,1H3,(H,20,21). The van der Waals surface area contributed by atoms with E-state index in [-0.39, 0.29) is 18.2 Å². The highest BCUT2D eigenvalue weighted by Crippen LogP contribution is 2.34. The van der Waals surface area contributed by atoms with Gasteiger partial charge in [0.15, 0.2) is 0 Å². The van der Waals surface area contributed by atoms with Crippen LogP contribution in [0.15, 0.2) is 22.7 Å². The molecule has 0 aliphatic carbocycles. The molecule has 1 aromatic carbocycles. The molecule has 2 aliphatic rings. The fourth-order valence-electron chi connectivity index (χ4n) is 3.12. The Morgan fingerprint density at radius 1 is 1.48 bits per heavy atom. The fraction of sp³-hybridized carbons (Fsp3) is 0.562. The second-order valence-corrected chi connectivity index (χ2v) is 6.91. The van der Waals surface area contributed by atoms with Gasteiger partial charge in [-0.25, -0.2) is 5.43 Å². The zero-order valence-corrected chi connectivity index (χ0v) is 14.5. The molecule has 126 valence electrons. The molecule has 4 atom stereocenters. The second-order valence-electron chi connectivity index (χ2n) is 6.05. The van der Waals surface area contributed by atoms with Crippen molar-refractivity contribution in [2.45, 2.75) is 38.0 Å². The third kappa shape index (κ3) is 3.68. The lowest BCUT2D eigenvalue weighted by Crippen LogP contribution is -2.30. The Balaban J connectivity index is 1.69. The molecular formula is C16H21BrN2O4. The monoisotopic (exact) mass is 384 g/mol. The van der Waals surface area contributed by atoms with Gasteiger partial charge >= 0.3 is 5.97 Å². The van der Waals surface area contributed by atoms with Gasteiger partial charge in [0.25, 0.3) is 0 Å². The van der Waals surface area contributed by atoms with E-state index in [1.807, 2.05) is 25.1 Å². The van der Waals surface area contributed by atoms with E-state index in [1.54, 1.807) is 0 Å². The van der Waals surface area contributed by atoms with Crippen molar-refractivity contribution in [1.29, 1.82) is 0 Å². The number of carbonyl (C=O) groups is 1. The lowest BCUT2D eigenvalue weighted by atomic mass is 9.90. The minimum atomic E-state index is -0.810. The van der Waals surface area contributed by atoms with Gasteiger partial charge in [-0.15, -0.1) is 0 Å². The van der Waals surface area contributed by atoms with Crippen molar-refractivity contribution < 1.29 is 19.4 Å².